The third-order valence-electron chi connectivity index (χ3n) is 7.74. The molecule has 52 heavy (non-hydrogen) atoms. The van der Waals surface area contributed by atoms with Crippen LogP contribution in [0.3, 0.4) is 0 Å². The summed E-state index contributed by atoms with van der Waals surface area (Å²) >= 11 is 0. The molecule has 16 nitrogen and oxygen atoms in total. The van der Waals surface area contributed by atoms with Gasteiger partial charge in [-0.25, -0.2) is 14.4 Å². The lowest BCUT2D eigenvalue weighted by atomic mass is 9.83. The monoisotopic (exact) mass is 720 g/mol. The van der Waals surface area contributed by atoms with Gasteiger partial charge in [-0.05, 0) is 82.4 Å². The van der Waals surface area contributed by atoms with Gasteiger partial charge in [-0.2, -0.15) is 0 Å². The van der Waals surface area contributed by atoms with Crippen LogP contribution < -0.4 is 0 Å². The van der Waals surface area contributed by atoms with Crippen molar-refractivity contribution < 1.29 is 79.7 Å². The summed E-state index contributed by atoms with van der Waals surface area (Å²) in [6.07, 6.45) is -3.50. The smallest absolute Gasteiger partial charge is 0.345 e. The first-order valence-corrected chi connectivity index (χ1v) is 15.2. The van der Waals surface area contributed by atoms with Crippen molar-refractivity contribution in [1.82, 2.24) is 0 Å². The fourth-order valence-electron chi connectivity index (χ4n) is 5.13. The van der Waals surface area contributed by atoms with Crippen molar-refractivity contribution in [3.05, 3.63) is 101 Å². The lowest BCUT2D eigenvalue weighted by Crippen LogP contribution is -2.30. The zero-order valence-corrected chi connectivity index (χ0v) is 26.8. The number of phenolic OH excluding ortho intramolecular Hbond substituents is 8. The molecule has 0 fully saturated rings. The summed E-state index contributed by atoms with van der Waals surface area (Å²) in [5, 5.41) is 99.2. The number of ether oxygens (including phenoxy) is 2. The summed E-state index contributed by atoms with van der Waals surface area (Å²) < 4.78 is 10.4. The molecule has 0 radical (unpaired) electrons. The SMILES string of the molecule is O=C(/C=C/c1ccc(O)c(O)c1)O[C@H](Cc1cc(O)c(O)cc1[C@@H](CC(=O)O[C@H](Cc1ccc(O)c(O)c1)C(=O)O)c1ccc(O)c(O)c1)C(=O)O. The molecule has 0 saturated heterocycles. The quantitative estimate of drug-likeness (QED) is 0.0508. The number of phenols is 8. The molecule has 4 aromatic carbocycles. The highest BCUT2D eigenvalue weighted by atomic mass is 16.6. The third-order valence-corrected chi connectivity index (χ3v) is 7.74. The second-order valence-electron chi connectivity index (χ2n) is 11.4. The average Bonchev–Trinajstić information content (AvgIpc) is 3.08. The predicted molar refractivity (Wildman–Crippen MR) is 177 cm³/mol. The van der Waals surface area contributed by atoms with E-state index in [1.54, 1.807) is 0 Å². The fraction of sp³-hybridized carbons (Fsp3) is 0.167. The first-order chi connectivity index (χ1) is 24.5. The third kappa shape index (κ3) is 9.53. The standard InChI is InChI=1S/C36H32O16/c37-23-5-1-17(9-26(23)40)3-8-33(45)51-32(36(49)50)14-20-13-29(43)30(44)15-21(20)22(19-4-7-25(39)28(42)12-19)16-34(46)52-31(35(47)48)11-18-2-6-24(38)27(41)10-18/h1-10,12-13,15,22,31-32,37-44H,11,14,16H2,(H,47,48)(H,49,50)/b8-3+/t22-,31+,32+/m0/s1. The van der Waals surface area contributed by atoms with Crippen LogP contribution in [0.4, 0.5) is 0 Å². The molecule has 0 spiro atoms. The van der Waals surface area contributed by atoms with Crippen LogP contribution in [0.5, 0.6) is 46.0 Å². The molecule has 272 valence electrons. The number of carbonyl (C=O) groups excluding carboxylic acids is 2. The molecule has 0 saturated carbocycles. The lowest BCUT2D eigenvalue weighted by molar-refractivity contribution is -0.164. The van der Waals surface area contributed by atoms with Gasteiger partial charge >= 0.3 is 23.9 Å². The van der Waals surface area contributed by atoms with E-state index in [2.05, 4.69) is 0 Å². The average molecular weight is 721 g/mol. The van der Waals surface area contributed by atoms with E-state index in [0.29, 0.717) is 0 Å². The Morgan fingerprint density at radius 1 is 0.577 bits per heavy atom. The maximum absolute atomic E-state index is 13.3. The highest BCUT2D eigenvalue weighted by Gasteiger charge is 2.31. The molecule has 0 aliphatic carbocycles. The number of aliphatic carboxylic acids is 2. The van der Waals surface area contributed by atoms with Crippen LogP contribution in [0.1, 0.15) is 40.2 Å². The normalized spacial score (nSPS) is 12.8. The minimum Gasteiger partial charge on any atom is -0.504 e. The molecule has 0 unspecified atom stereocenters. The Balaban J connectivity index is 1.67. The van der Waals surface area contributed by atoms with Gasteiger partial charge in [-0.3, -0.25) is 4.79 Å². The summed E-state index contributed by atoms with van der Waals surface area (Å²) in [5.41, 5.74) is 0.389. The minimum atomic E-state index is -1.92. The number of esters is 2. The summed E-state index contributed by atoms with van der Waals surface area (Å²) in [7, 11) is 0. The van der Waals surface area contributed by atoms with Crippen molar-refractivity contribution in [2.45, 2.75) is 37.4 Å². The number of carbonyl (C=O) groups is 4. The van der Waals surface area contributed by atoms with Gasteiger partial charge in [0.05, 0.1) is 6.42 Å². The van der Waals surface area contributed by atoms with E-state index in [1.807, 2.05) is 0 Å². The van der Waals surface area contributed by atoms with E-state index in [4.69, 9.17) is 9.47 Å². The number of rotatable bonds is 14. The van der Waals surface area contributed by atoms with Gasteiger partial charge in [0.1, 0.15) is 0 Å². The Hall–Kier alpha value is -7.10. The first kappa shape index (κ1) is 37.7. The fourth-order valence-corrected chi connectivity index (χ4v) is 5.13. The number of benzene rings is 4. The molecule has 0 heterocycles. The molecule has 16 heteroatoms. The number of carboxylic acid groups (broad SMARTS) is 2. The van der Waals surface area contributed by atoms with Crippen molar-refractivity contribution in [2.24, 2.45) is 0 Å². The van der Waals surface area contributed by atoms with E-state index < -0.39 is 107 Å². The van der Waals surface area contributed by atoms with E-state index in [0.717, 1.165) is 54.6 Å². The zero-order valence-electron chi connectivity index (χ0n) is 26.8. The maximum atomic E-state index is 13.3. The van der Waals surface area contributed by atoms with Crippen LogP contribution in [0.15, 0.2) is 72.8 Å². The Kier molecular flexibility index (Phi) is 11.7. The molecular formula is C36H32O16. The Labute approximate surface area is 293 Å². The molecular weight excluding hydrogens is 688 g/mol. The zero-order chi connectivity index (χ0) is 38.3. The molecule has 4 rings (SSSR count). The molecule has 3 atom stereocenters. The van der Waals surface area contributed by atoms with Crippen LogP contribution in [-0.2, 0) is 41.5 Å². The summed E-state index contributed by atoms with van der Waals surface area (Å²) in [4.78, 5) is 50.2. The topological polar surface area (TPSA) is 289 Å². The summed E-state index contributed by atoms with van der Waals surface area (Å²) in [6, 6.07) is 12.5. The number of hydrogen-bond donors (Lipinski definition) is 10. The van der Waals surface area contributed by atoms with Crippen LogP contribution in [0.2, 0.25) is 0 Å². The van der Waals surface area contributed by atoms with Crippen LogP contribution >= 0.6 is 0 Å². The molecule has 0 aromatic heterocycles. The van der Waals surface area contributed by atoms with Gasteiger partial charge in [0.25, 0.3) is 0 Å². The van der Waals surface area contributed by atoms with Crippen molar-refractivity contribution in [2.75, 3.05) is 0 Å². The molecule has 0 bridgehead atoms. The van der Waals surface area contributed by atoms with E-state index in [1.165, 1.54) is 24.3 Å². The van der Waals surface area contributed by atoms with Crippen molar-refractivity contribution >= 4 is 30.0 Å². The van der Waals surface area contributed by atoms with Gasteiger partial charge in [0.2, 0.25) is 12.2 Å². The highest BCUT2D eigenvalue weighted by molar-refractivity contribution is 5.89. The van der Waals surface area contributed by atoms with E-state index in [-0.39, 0.29) is 27.8 Å². The van der Waals surface area contributed by atoms with Crippen molar-refractivity contribution in [1.29, 1.82) is 0 Å². The van der Waals surface area contributed by atoms with E-state index >= 15 is 0 Å². The Bertz CT molecular complexity index is 2040. The maximum Gasteiger partial charge on any atom is 0.345 e. The second kappa shape index (κ2) is 16.1. The lowest BCUT2D eigenvalue weighted by Gasteiger charge is -2.24. The van der Waals surface area contributed by atoms with Gasteiger partial charge in [0.15, 0.2) is 46.0 Å². The number of hydrogen-bond acceptors (Lipinski definition) is 14. The molecule has 0 aliphatic rings. The van der Waals surface area contributed by atoms with Crippen LogP contribution in [-0.4, -0.2) is 87.2 Å². The number of aromatic hydroxyl groups is 8. The minimum absolute atomic E-state index is 0.0509. The molecule has 0 aliphatic heterocycles. The predicted octanol–water partition coefficient (Wildman–Crippen LogP) is 3.34. The molecule has 0 amide bonds. The second-order valence-corrected chi connectivity index (χ2v) is 11.4. The van der Waals surface area contributed by atoms with Crippen molar-refractivity contribution in [3.8, 4) is 46.0 Å². The summed E-state index contributed by atoms with van der Waals surface area (Å²) in [6.45, 7) is 0. The molecule has 10 N–H and O–H groups in total. The Morgan fingerprint density at radius 3 is 1.71 bits per heavy atom. The Morgan fingerprint density at radius 2 is 1.12 bits per heavy atom. The van der Waals surface area contributed by atoms with Crippen LogP contribution in [0, 0.1) is 0 Å². The van der Waals surface area contributed by atoms with Crippen molar-refractivity contribution in [3.63, 3.8) is 0 Å². The van der Waals surface area contributed by atoms with Gasteiger partial charge in [0, 0.05) is 24.8 Å². The summed E-state index contributed by atoms with van der Waals surface area (Å²) in [5.74, 6) is -11.3. The highest BCUT2D eigenvalue weighted by Crippen LogP contribution is 2.40. The van der Waals surface area contributed by atoms with Gasteiger partial charge in [-0.1, -0.05) is 18.2 Å². The van der Waals surface area contributed by atoms with Crippen LogP contribution in [0.25, 0.3) is 6.08 Å². The van der Waals surface area contributed by atoms with E-state index in [9.17, 15) is 70.2 Å². The largest absolute Gasteiger partial charge is 0.504 e. The van der Waals surface area contributed by atoms with Gasteiger partial charge < -0.3 is 60.5 Å². The molecule has 4 aromatic rings. The van der Waals surface area contributed by atoms with Gasteiger partial charge in [-0.15, -0.1) is 0 Å². The number of carboxylic acids is 2. The first-order valence-electron chi connectivity index (χ1n) is 15.2.